The topological polar surface area (TPSA) is 31.0 Å². The first-order valence-corrected chi connectivity index (χ1v) is 6.12. The second kappa shape index (κ2) is 5.48. The molecule has 1 unspecified atom stereocenters. The fourth-order valence-corrected chi connectivity index (χ4v) is 1.25. The van der Waals surface area contributed by atoms with E-state index in [0.717, 1.165) is 26.2 Å². The molecule has 0 aromatic heterocycles. The van der Waals surface area contributed by atoms with E-state index in [1.807, 2.05) is 0 Å². The highest BCUT2D eigenvalue weighted by Crippen LogP contribution is 2.19. The lowest BCUT2D eigenvalue weighted by atomic mass is 9.98. The summed E-state index contributed by atoms with van der Waals surface area (Å²) in [5.41, 5.74) is 0.136. The smallest absolute Gasteiger partial charge is 0.104 e. The van der Waals surface area contributed by atoms with Gasteiger partial charge in [0.05, 0.1) is 25.4 Å². The summed E-state index contributed by atoms with van der Waals surface area (Å²) in [5, 5.41) is 0. The van der Waals surface area contributed by atoms with Crippen LogP contribution >= 0.6 is 0 Å². The Bertz CT molecular complexity index is 202. The lowest BCUT2D eigenvalue weighted by Gasteiger charge is -2.26. The first-order chi connectivity index (χ1) is 7.29. The van der Waals surface area contributed by atoms with Crippen LogP contribution in [0, 0.1) is 5.41 Å². The Morgan fingerprint density at radius 2 is 1.81 bits per heavy atom. The molecule has 0 bridgehead atoms. The van der Waals surface area contributed by atoms with Gasteiger partial charge < -0.3 is 14.2 Å². The van der Waals surface area contributed by atoms with E-state index in [1.54, 1.807) is 0 Å². The van der Waals surface area contributed by atoms with Gasteiger partial charge in [-0.05, 0) is 25.7 Å². The minimum Gasteiger partial charge on any atom is -0.381 e. The summed E-state index contributed by atoms with van der Waals surface area (Å²) in [7, 11) is 0. The Balaban J connectivity index is 2.04. The zero-order valence-electron chi connectivity index (χ0n) is 11.3. The third-order valence-corrected chi connectivity index (χ3v) is 2.45. The average molecular weight is 230 g/mol. The zero-order chi connectivity index (χ0) is 12.2. The first kappa shape index (κ1) is 13.9. The Morgan fingerprint density at radius 1 is 1.19 bits per heavy atom. The van der Waals surface area contributed by atoms with Crippen LogP contribution in [-0.2, 0) is 14.2 Å². The van der Waals surface area contributed by atoms with Crippen molar-refractivity contribution in [2.24, 2.45) is 5.41 Å². The highest BCUT2D eigenvalue weighted by molar-refractivity contribution is 4.73. The Labute approximate surface area is 99.5 Å². The van der Waals surface area contributed by atoms with Gasteiger partial charge in [-0.2, -0.15) is 0 Å². The molecule has 96 valence electrons. The number of hydrogen-bond acceptors (Lipinski definition) is 3. The van der Waals surface area contributed by atoms with E-state index in [2.05, 4.69) is 34.6 Å². The Hall–Kier alpha value is -0.120. The van der Waals surface area contributed by atoms with Crippen molar-refractivity contribution in [2.75, 3.05) is 26.4 Å². The van der Waals surface area contributed by atoms with Crippen molar-refractivity contribution >= 4 is 0 Å². The average Bonchev–Trinajstić information content (AvgIpc) is 2.91. The predicted octanol–water partition coefficient (Wildman–Crippen LogP) is 2.63. The van der Waals surface area contributed by atoms with E-state index in [9.17, 15) is 0 Å². The van der Waals surface area contributed by atoms with Crippen LogP contribution in [0.1, 0.15) is 41.0 Å². The fraction of sp³-hybridized carbons (Fsp3) is 1.00. The summed E-state index contributed by atoms with van der Waals surface area (Å²) in [6.45, 7) is 13.9. The molecule has 16 heavy (non-hydrogen) atoms. The molecule has 0 aromatic carbocycles. The quantitative estimate of drug-likeness (QED) is 0.497. The maximum absolute atomic E-state index is 5.78. The Kier molecular flexibility index (Phi) is 4.77. The van der Waals surface area contributed by atoms with Crippen molar-refractivity contribution in [1.29, 1.82) is 0 Å². The van der Waals surface area contributed by atoms with Crippen molar-refractivity contribution in [2.45, 2.75) is 52.7 Å². The summed E-state index contributed by atoms with van der Waals surface area (Å²) in [6.07, 6.45) is 1.27. The monoisotopic (exact) mass is 230 g/mol. The molecule has 1 rings (SSSR count). The molecule has 0 radical (unpaired) electrons. The molecule has 0 aromatic rings. The molecular weight excluding hydrogens is 204 g/mol. The van der Waals surface area contributed by atoms with Gasteiger partial charge in [0, 0.05) is 6.61 Å². The van der Waals surface area contributed by atoms with Gasteiger partial charge in [0.15, 0.2) is 0 Å². The van der Waals surface area contributed by atoms with E-state index in [-0.39, 0.29) is 11.0 Å². The molecule has 3 nitrogen and oxygen atoms in total. The van der Waals surface area contributed by atoms with E-state index >= 15 is 0 Å². The molecular formula is C13H26O3. The van der Waals surface area contributed by atoms with Crippen LogP contribution < -0.4 is 0 Å². The Morgan fingerprint density at radius 3 is 2.31 bits per heavy atom. The summed E-state index contributed by atoms with van der Waals surface area (Å²) < 4.78 is 16.5. The fourth-order valence-electron chi connectivity index (χ4n) is 1.25. The third kappa shape index (κ3) is 7.20. The highest BCUT2D eigenvalue weighted by Gasteiger charge is 2.27. The van der Waals surface area contributed by atoms with Crippen molar-refractivity contribution < 1.29 is 14.2 Å². The lowest BCUT2D eigenvalue weighted by Crippen LogP contribution is -2.29. The van der Waals surface area contributed by atoms with Crippen molar-refractivity contribution in [1.82, 2.24) is 0 Å². The molecule has 0 spiro atoms. The first-order valence-electron chi connectivity index (χ1n) is 6.12. The second-order valence-corrected chi connectivity index (χ2v) is 6.39. The summed E-state index contributed by atoms with van der Waals surface area (Å²) >= 11 is 0. The standard InChI is InChI=1S/C13H26O3/c1-12(2,3)10-14-7-6-13(4,5)16-9-11-8-15-11/h11H,6-10H2,1-5H3. The molecule has 1 aliphatic heterocycles. The minimum atomic E-state index is -0.107. The zero-order valence-corrected chi connectivity index (χ0v) is 11.3. The number of epoxide rings is 1. The molecule has 1 fully saturated rings. The van der Waals surface area contributed by atoms with Gasteiger partial charge in [0.2, 0.25) is 0 Å². The highest BCUT2D eigenvalue weighted by atomic mass is 16.6. The number of ether oxygens (including phenoxy) is 3. The predicted molar refractivity (Wildman–Crippen MR) is 64.7 cm³/mol. The van der Waals surface area contributed by atoms with Gasteiger partial charge in [0.1, 0.15) is 6.10 Å². The van der Waals surface area contributed by atoms with Gasteiger partial charge in [0.25, 0.3) is 0 Å². The lowest BCUT2D eigenvalue weighted by molar-refractivity contribution is -0.0509. The maximum Gasteiger partial charge on any atom is 0.104 e. The number of rotatable bonds is 7. The summed E-state index contributed by atoms with van der Waals surface area (Å²) in [5.74, 6) is 0. The van der Waals surface area contributed by atoms with Crippen LogP contribution in [-0.4, -0.2) is 38.1 Å². The van der Waals surface area contributed by atoms with Crippen LogP contribution in [0.3, 0.4) is 0 Å². The minimum absolute atomic E-state index is 0.107. The van der Waals surface area contributed by atoms with Gasteiger partial charge >= 0.3 is 0 Å². The normalized spacial score (nSPS) is 21.2. The third-order valence-electron chi connectivity index (χ3n) is 2.45. The van der Waals surface area contributed by atoms with Crippen LogP contribution in [0.15, 0.2) is 0 Å². The van der Waals surface area contributed by atoms with Crippen LogP contribution in [0.4, 0.5) is 0 Å². The molecule has 0 saturated carbocycles. The summed E-state index contributed by atoms with van der Waals surface area (Å²) in [6, 6.07) is 0. The molecule has 1 saturated heterocycles. The molecule has 0 amide bonds. The summed E-state index contributed by atoms with van der Waals surface area (Å²) in [4.78, 5) is 0. The molecule has 1 aliphatic rings. The van der Waals surface area contributed by atoms with E-state index in [4.69, 9.17) is 14.2 Å². The second-order valence-electron chi connectivity index (χ2n) is 6.39. The molecule has 0 N–H and O–H groups in total. The SMILES string of the molecule is CC(C)(C)COCCC(C)(C)OCC1CO1. The van der Waals surface area contributed by atoms with Gasteiger partial charge in [-0.1, -0.05) is 20.8 Å². The maximum atomic E-state index is 5.78. The van der Waals surface area contributed by atoms with Crippen LogP contribution in [0.5, 0.6) is 0 Å². The molecule has 1 atom stereocenters. The van der Waals surface area contributed by atoms with Gasteiger partial charge in [-0.25, -0.2) is 0 Å². The molecule has 3 heteroatoms. The largest absolute Gasteiger partial charge is 0.381 e. The number of hydrogen-bond donors (Lipinski definition) is 0. The van der Waals surface area contributed by atoms with Crippen LogP contribution in [0.2, 0.25) is 0 Å². The molecule has 1 heterocycles. The van der Waals surface area contributed by atoms with Crippen LogP contribution in [0.25, 0.3) is 0 Å². The van der Waals surface area contributed by atoms with Crippen molar-refractivity contribution in [3.05, 3.63) is 0 Å². The van der Waals surface area contributed by atoms with Crippen molar-refractivity contribution in [3.8, 4) is 0 Å². The van der Waals surface area contributed by atoms with Gasteiger partial charge in [-0.3, -0.25) is 0 Å². The van der Waals surface area contributed by atoms with E-state index in [0.29, 0.717) is 12.7 Å². The van der Waals surface area contributed by atoms with Gasteiger partial charge in [-0.15, -0.1) is 0 Å². The molecule has 0 aliphatic carbocycles. The van der Waals surface area contributed by atoms with E-state index in [1.165, 1.54) is 0 Å². The van der Waals surface area contributed by atoms with Crippen molar-refractivity contribution in [3.63, 3.8) is 0 Å². The van der Waals surface area contributed by atoms with E-state index < -0.39 is 0 Å².